The minimum Gasteiger partial charge on any atom is -0.468 e. The fraction of sp³-hybridized carbons (Fsp3) is 0.364. The van der Waals surface area contributed by atoms with Gasteiger partial charge in [-0.15, -0.1) is 11.8 Å². The molecule has 1 rings (SSSR count). The molecule has 16 heavy (non-hydrogen) atoms. The van der Waals surface area contributed by atoms with E-state index in [1.54, 1.807) is 0 Å². The Morgan fingerprint density at radius 3 is 2.69 bits per heavy atom. The smallest absolute Gasteiger partial charge is 0.315 e. The molecular weight excluding hydrogens is 231 g/mol. The molecule has 5 heteroatoms. The SMILES string of the molecule is COC(=O)CSCC(O)c1ccc(F)cc1. The molecule has 1 unspecified atom stereocenters. The Balaban J connectivity index is 2.37. The Morgan fingerprint density at radius 1 is 1.50 bits per heavy atom. The molecular formula is C11H13FO3S. The van der Waals surface area contributed by atoms with E-state index < -0.39 is 6.10 Å². The average Bonchev–Trinajstić information content (AvgIpc) is 2.29. The summed E-state index contributed by atoms with van der Waals surface area (Å²) in [7, 11) is 1.32. The standard InChI is InChI=1S/C11H13FO3S/c1-15-11(14)7-16-6-10(13)8-2-4-9(12)5-3-8/h2-5,10,13H,6-7H2,1H3. The molecule has 0 amide bonds. The molecule has 0 aliphatic rings. The molecule has 3 nitrogen and oxygen atoms in total. The fourth-order valence-corrected chi connectivity index (χ4v) is 1.91. The zero-order chi connectivity index (χ0) is 12.0. The lowest BCUT2D eigenvalue weighted by Gasteiger charge is -2.09. The fourth-order valence-electron chi connectivity index (χ4n) is 1.09. The second kappa shape index (κ2) is 6.50. The van der Waals surface area contributed by atoms with Crippen molar-refractivity contribution in [2.75, 3.05) is 18.6 Å². The number of carbonyl (C=O) groups excluding carboxylic acids is 1. The van der Waals surface area contributed by atoms with Crippen LogP contribution in [0.1, 0.15) is 11.7 Å². The summed E-state index contributed by atoms with van der Waals surface area (Å²) in [5.41, 5.74) is 0.638. The summed E-state index contributed by atoms with van der Waals surface area (Å²) in [5.74, 6) is -0.0790. The Labute approximate surface area is 97.6 Å². The second-order valence-corrected chi connectivity index (χ2v) is 4.19. The van der Waals surface area contributed by atoms with Crippen LogP contribution in [0.25, 0.3) is 0 Å². The topological polar surface area (TPSA) is 46.5 Å². The van der Waals surface area contributed by atoms with Crippen molar-refractivity contribution < 1.29 is 19.0 Å². The Morgan fingerprint density at radius 2 is 2.12 bits per heavy atom. The van der Waals surface area contributed by atoms with E-state index in [-0.39, 0.29) is 17.5 Å². The predicted octanol–water partition coefficient (Wildman–Crippen LogP) is 1.77. The van der Waals surface area contributed by atoms with Gasteiger partial charge >= 0.3 is 5.97 Å². The lowest BCUT2D eigenvalue weighted by atomic mass is 10.1. The molecule has 0 bridgehead atoms. The maximum atomic E-state index is 12.6. The first kappa shape index (κ1) is 13.0. The van der Waals surface area contributed by atoms with E-state index >= 15 is 0 Å². The summed E-state index contributed by atoms with van der Waals surface area (Å²) in [4.78, 5) is 10.8. The largest absolute Gasteiger partial charge is 0.468 e. The molecule has 0 aliphatic heterocycles. The van der Waals surface area contributed by atoms with Gasteiger partial charge in [-0.3, -0.25) is 4.79 Å². The normalized spacial score (nSPS) is 12.2. The van der Waals surface area contributed by atoms with Gasteiger partial charge < -0.3 is 9.84 Å². The van der Waals surface area contributed by atoms with Crippen LogP contribution in [0.5, 0.6) is 0 Å². The lowest BCUT2D eigenvalue weighted by Crippen LogP contribution is -2.07. The number of aliphatic hydroxyl groups excluding tert-OH is 1. The van der Waals surface area contributed by atoms with Gasteiger partial charge in [-0.05, 0) is 17.7 Å². The first-order chi connectivity index (χ1) is 7.63. The molecule has 0 saturated heterocycles. The van der Waals surface area contributed by atoms with Crippen LogP contribution in [-0.2, 0) is 9.53 Å². The van der Waals surface area contributed by atoms with Crippen LogP contribution in [0.4, 0.5) is 4.39 Å². The predicted molar refractivity (Wildman–Crippen MR) is 60.7 cm³/mol. The summed E-state index contributed by atoms with van der Waals surface area (Å²) >= 11 is 1.27. The van der Waals surface area contributed by atoms with Crippen molar-refractivity contribution >= 4 is 17.7 Å². The van der Waals surface area contributed by atoms with Gasteiger partial charge in [0.25, 0.3) is 0 Å². The molecule has 0 radical (unpaired) electrons. The third-order valence-electron chi connectivity index (χ3n) is 1.98. The van der Waals surface area contributed by atoms with Crippen molar-refractivity contribution in [1.82, 2.24) is 0 Å². The Hall–Kier alpha value is -1.07. The van der Waals surface area contributed by atoms with Crippen LogP contribution in [0.15, 0.2) is 24.3 Å². The first-order valence-electron chi connectivity index (χ1n) is 4.71. The molecule has 0 spiro atoms. The lowest BCUT2D eigenvalue weighted by molar-refractivity contribution is -0.137. The van der Waals surface area contributed by atoms with Crippen LogP contribution >= 0.6 is 11.8 Å². The Bertz CT molecular complexity index is 340. The average molecular weight is 244 g/mol. The van der Waals surface area contributed by atoms with Crippen molar-refractivity contribution in [2.45, 2.75) is 6.10 Å². The van der Waals surface area contributed by atoms with E-state index in [1.165, 1.54) is 43.1 Å². The number of rotatable bonds is 5. The third-order valence-corrected chi connectivity index (χ3v) is 2.97. The van der Waals surface area contributed by atoms with E-state index in [9.17, 15) is 14.3 Å². The van der Waals surface area contributed by atoms with E-state index in [1.807, 2.05) is 0 Å². The number of esters is 1. The van der Waals surface area contributed by atoms with Gasteiger partial charge in [0, 0.05) is 5.75 Å². The maximum absolute atomic E-state index is 12.6. The van der Waals surface area contributed by atoms with Crippen molar-refractivity contribution in [3.05, 3.63) is 35.6 Å². The highest BCUT2D eigenvalue weighted by Gasteiger charge is 2.09. The number of ether oxygens (including phenoxy) is 1. The number of hydrogen-bond donors (Lipinski definition) is 1. The minimum absolute atomic E-state index is 0.203. The summed E-state index contributed by atoms with van der Waals surface area (Å²) in [5, 5.41) is 9.70. The minimum atomic E-state index is -0.699. The van der Waals surface area contributed by atoms with Crippen LogP contribution < -0.4 is 0 Å². The van der Waals surface area contributed by atoms with Crippen molar-refractivity contribution in [1.29, 1.82) is 0 Å². The van der Waals surface area contributed by atoms with Crippen molar-refractivity contribution in [3.63, 3.8) is 0 Å². The second-order valence-electron chi connectivity index (χ2n) is 3.16. The highest BCUT2D eigenvalue weighted by atomic mass is 32.2. The molecule has 1 N–H and O–H groups in total. The zero-order valence-electron chi connectivity index (χ0n) is 8.85. The molecule has 0 fully saturated rings. The van der Waals surface area contributed by atoms with E-state index in [0.29, 0.717) is 11.3 Å². The van der Waals surface area contributed by atoms with Gasteiger partial charge in [0.15, 0.2) is 0 Å². The molecule has 0 aliphatic carbocycles. The monoisotopic (exact) mass is 244 g/mol. The van der Waals surface area contributed by atoms with Gasteiger partial charge in [0.1, 0.15) is 5.82 Å². The van der Waals surface area contributed by atoms with Crippen molar-refractivity contribution in [2.24, 2.45) is 0 Å². The molecule has 88 valence electrons. The van der Waals surface area contributed by atoms with Gasteiger partial charge in [-0.1, -0.05) is 12.1 Å². The van der Waals surface area contributed by atoms with Gasteiger partial charge in [0.05, 0.1) is 19.0 Å². The molecule has 1 aromatic rings. The van der Waals surface area contributed by atoms with Gasteiger partial charge in [0.2, 0.25) is 0 Å². The van der Waals surface area contributed by atoms with Crippen LogP contribution in [0.3, 0.4) is 0 Å². The first-order valence-corrected chi connectivity index (χ1v) is 5.87. The van der Waals surface area contributed by atoms with Crippen LogP contribution in [0, 0.1) is 5.82 Å². The molecule has 1 atom stereocenters. The van der Waals surface area contributed by atoms with Gasteiger partial charge in [-0.25, -0.2) is 4.39 Å². The maximum Gasteiger partial charge on any atom is 0.315 e. The van der Waals surface area contributed by atoms with E-state index in [0.717, 1.165) is 0 Å². The number of methoxy groups -OCH3 is 1. The molecule has 0 saturated carbocycles. The molecule has 0 aromatic heterocycles. The van der Waals surface area contributed by atoms with Crippen molar-refractivity contribution in [3.8, 4) is 0 Å². The summed E-state index contributed by atoms with van der Waals surface area (Å²) < 4.78 is 17.1. The summed E-state index contributed by atoms with van der Waals surface area (Å²) in [6, 6.07) is 5.64. The number of carbonyl (C=O) groups is 1. The number of aliphatic hydroxyl groups is 1. The number of thioether (sulfide) groups is 1. The van der Waals surface area contributed by atoms with E-state index in [4.69, 9.17) is 0 Å². The van der Waals surface area contributed by atoms with Crippen LogP contribution in [-0.4, -0.2) is 29.7 Å². The summed E-state index contributed by atoms with van der Waals surface area (Å²) in [6.45, 7) is 0. The quantitative estimate of drug-likeness (QED) is 0.802. The number of hydrogen-bond acceptors (Lipinski definition) is 4. The molecule has 1 aromatic carbocycles. The van der Waals surface area contributed by atoms with Crippen LogP contribution in [0.2, 0.25) is 0 Å². The number of halogens is 1. The van der Waals surface area contributed by atoms with E-state index in [2.05, 4.69) is 4.74 Å². The van der Waals surface area contributed by atoms with Gasteiger partial charge in [-0.2, -0.15) is 0 Å². The summed E-state index contributed by atoms with van der Waals surface area (Å²) in [6.07, 6.45) is -0.699. The zero-order valence-corrected chi connectivity index (χ0v) is 9.67. The number of benzene rings is 1. The highest BCUT2D eigenvalue weighted by Crippen LogP contribution is 2.18. The Kier molecular flexibility index (Phi) is 5.28. The molecule has 0 heterocycles. The highest BCUT2D eigenvalue weighted by molar-refractivity contribution is 7.99. The third kappa shape index (κ3) is 4.20.